The van der Waals surface area contributed by atoms with Gasteiger partial charge in [-0.2, -0.15) is 0 Å². The van der Waals surface area contributed by atoms with Crippen LogP contribution in [0.4, 0.5) is 4.79 Å². The molecule has 26 heavy (non-hydrogen) atoms. The first-order chi connectivity index (χ1) is 12.4. The minimum absolute atomic E-state index is 0.119. The largest absolute Gasteiger partial charge is 0.480 e. The van der Waals surface area contributed by atoms with Crippen LogP contribution in [0.1, 0.15) is 5.56 Å². The Morgan fingerprint density at radius 2 is 1.73 bits per heavy atom. The SMILES string of the molecule is O=C(O)C(=O)N[C@H](Cc1ccc(OC(=O)N2CCOCC2)cc1)C(=O)O. The van der Waals surface area contributed by atoms with Crippen molar-refractivity contribution in [1.29, 1.82) is 0 Å². The molecule has 1 aromatic carbocycles. The van der Waals surface area contributed by atoms with Crippen molar-refractivity contribution in [2.24, 2.45) is 0 Å². The minimum atomic E-state index is -1.76. The molecular formula is C16H18N2O8. The molecule has 0 radical (unpaired) electrons. The Kier molecular flexibility index (Phi) is 6.50. The van der Waals surface area contributed by atoms with E-state index in [0.717, 1.165) is 0 Å². The molecule has 0 saturated carbocycles. The summed E-state index contributed by atoms with van der Waals surface area (Å²) >= 11 is 0. The highest BCUT2D eigenvalue weighted by Gasteiger charge is 2.24. The third-order valence-electron chi connectivity index (χ3n) is 3.64. The maximum absolute atomic E-state index is 12.0. The number of carbonyl (C=O) groups excluding carboxylic acids is 2. The topological polar surface area (TPSA) is 142 Å². The average Bonchev–Trinajstić information content (AvgIpc) is 2.63. The van der Waals surface area contributed by atoms with Gasteiger partial charge in [0.15, 0.2) is 0 Å². The predicted octanol–water partition coefficient (Wildman–Crippen LogP) is -0.286. The molecule has 3 N–H and O–H groups in total. The highest BCUT2D eigenvalue weighted by atomic mass is 16.6. The molecule has 1 aromatic rings. The molecular weight excluding hydrogens is 348 g/mol. The molecule has 1 aliphatic rings. The average molecular weight is 366 g/mol. The standard InChI is InChI=1S/C16H18N2O8/c19-13(15(22)23)17-12(14(20)21)9-10-1-3-11(4-2-10)26-16(24)18-5-7-25-8-6-18/h1-4,12H,5-9H2,(H,17,19)(H,20,21)(H,22,23)/t12-/m1/s1. The van der Waals surface area contributed by atoms with E-state index in [1.165, 1.54) is 29.2 Å². The van der Waals surface area contributed by atoms with Gasteiger partial charge in [0.25, 0.3) is 0 Å². The van der Waals surface area contributed by atoms with E-state index in [1.807, 2.05) is 5.32 Å². The van der Waals surface area contributed by atoms with E-state index in [2.05, 4.69) is 0 Å². The highest BCUT2D eigenvalue weighted by molar-refractivity contribution is 6.31. The number of carboxylic acids is 2. The number of hydrogen-bond acceptors (Lipinski definition) is 6. The lowest BCUT2D eigenvalue weighted by atomic mass is 10.1. The summed E-state index contributed by atoms with van der Waals surface area (Å²) in [6.07, 6.45) is -0.621. The number of nitrogens with one attached hydrogen (secondary N) is 1. The first kappa shape index (κ1) is 19.2. The molecule has 10 heteroatoms. The predicted molar refractivity (Wildman–Crippen MR) is 85.8 cm³/mol. The van der Waals surface area contributed by atoms with Crippen LogP contribution in [0.25, 0.3) is 0 Å². The monoisotopic (exact) mass is 366 g/mol. The van der Waals surface area contributed by atoms with E-state index in [9.17, 15) is 19.2 Å². The maximum Gasteiger partial charge on any atom is 0.415 e. The van der Waals surface area contributed by atoms with E-state index in [4.69, 9.17) is 19.7 Å². The third-order valence-corrected chi connectivity index (χ3v) is 3.64. The van der Waals surface area contributed by atoms with Crippen molar-refractivity contribution in [3.05, 3.63) is 29.8 Å². The summed E-state index contributed by atoms with van der Waals surface area (Å²) in [5, 5.41) is 19.5. The summed E-state index contributed by atoms with van der Waals surface area (Å²) in [7, 11) is 0. The Balaban J connectivity index is 1.94. The molecule has 0 aliphatic carbocycles. The Bertz CT molecular complexity index is 682. The number of morpholine rings is 1. The fraction of sp³-hybridized carbons (Fsp3) is 0.375. The van der Waals surface area contributed by atoms with Crippen LogP contribution < -0.4 is 10.1 Å². The Morgan fingerprint density at radius 1 is 1.12 bits per heavy atom. The molecule has 0 bridgehead atoms. The molecule has 2 rings (SSSR count). The van der Waals surface area contributed by atoms with Crippen LogP contribution in [0.5, 0.6) is 5.75 Å². The first-order valence-electron chi connectivity index (χ1n) is 7.77. The van der Waals surface area contributed by atoms with Gasteiger partial charge in [-0.15, -0.1) is 0 Å². The summed E-state index contributed by atoms with van der Waals surface area (Å²) in [6, 6.07) is 4.66. The van der Waals surface area contributed by atoms with Gasteiger partial charge >= 0.3 is 23.9 Å². The van der Waals surface area contributed by atoms with Crippen molar-refractivity contribution in [2.45, 2.75) is 12.5 Å². The van der Waals surface area contributed by atoms with Crippen LogP contribution in [-0.2, 0) is 25.5 Å². The zero-order valence-electron chi connectivity index (χ0n) is 13.7. The zero-order chi connectivity index (χ0) is 19.1. The van der Waals surface area contributed by atoms with E-state index in [0.29, 0.717) is 31.9 Å². The molecule has 0 spiro atoms. The van der Waals surface area contributed by atoms with Crippen LogP contribution in [-0.4, -0.2) is 71.4 Å². The van der Waals surface area contributed by atoms with Crippen molar-refractivity contribution in [3.8, 4) is 5.75 Å². The number of nitrogens with zero attached hydrogens (tertiary/aromatic N) is 1. The van der Waals surface area contributed by atoms with Crippen molar-refractivity contribution >= 4 is 23.9 Å². The molecule has 1 heterocycles. The Hall–Kier alpha value is -3.14. The molecule has 140 valence electrons. The molecule has 1 aliphatic heterocycles. The smallest absolute Gasteiger partial charge is 0.415 e. The van der Waals surface area contributed by atoms with Gasteiger partial charge in [0.05, 0.1) is 13.2 Å². The van der Waals surface area contributed by atoms with Crippen LogP contribution in [0, 0.1) is 0 Å². The summed E-state index contributed by atoms with van der Waals surface area (Å²) in [4.78, 5) is 46.3. The lowest BCUT2D eigenvalue weighted by Gasteiger charge is -2.25. The maximum atomic E-state index is 12.0. The summed E-state index contributed by atoms with van der Waals surface area (Å²) < 4.78 is 10.4. The second kappa shape index (κ2) is 8.81. The van der Waals surface area contributed by atoms with Gasteiger partial charge in [-0.05, 0) is 17.7 Å². The van der Waals surface area contributed by atoms with Crippen molar-refractivity contribution < 1.29 is 38.9 Å². The summed E-state index contributed by atoms with van der Waals surface area (Å²) in [6.45, 7) is 1.79. The van der Waals surface area contributed by atoms with Crippen molar-refractivity contribution in [1.82, 2.24) is 10.2 Å². The second-order valence-corrected chi connectivity index (χ2v) is 5.48. The lowest BCUT2D eigenvalue weighted by molar-refractivity contribution is -0.152. The number of carboxylic acid groups (broad SMARTS) is 2. The fourth-order valence-corrected chi connectivity index (χ4v) is 2.26. The van der Waals surface area contributed by atoms with Gasteiger partial charge in [-0.25, -0.2) is 14.4 Å². The molecule has 1 saturated heterocycles. The van der Waals surface area contributed by atoms with Gasteiger partial charge in [0.2, 0.25) is 0 Å². The minimum Gasteiger partial charge on any atom is -0.480 e. The number of rotatable bonds is 5. The van der Waals surface area contributed by atoms with Gasteiger partial charge in [-0.3, -0.25) is 4.79 Å². The molecule has 2 amide bonds. The summed E-state index contributed by atoms with van der Waals surface area (Å²) in [5.41, 5.74) is 0.522. The van der Waals surface area contributed by atoms with Gasteiger partial charge in [0, 0.05) is 19.5 Å². The van der Waals surface area contributed by atoms with E-state index < -0.39 is 30.0 Å². The van der Waals surface area contributed by atoms with Crippen LogP contribution in [0.2, 0.25) is 0 Å². The van der Waals surface area contributed by atoms with Gasteiger partial charge in [-0.1, -0.05) is 12.1 Å². The van der Waals surface area contributed by atoms with Crippen molar-refractivity contribution in [2.75, 3.05) is 26.3 Å². The lowest BCUT2D eigenvalue weighted by Crippen LogP contribution is -2.45. The number of carbonyl (C=O) groups is 4. The van der Waals surface area contributed by atoms with E-state index >= 15 is 0 Å². The molecule has 1 atom stereocenters. The number of ether oxygens (including phenoxy) is 2. The number of benzene rings is 1. The fourth-order valence-electron chi connectivity index (χ4n) is 2.26. The Labute approximate surface area is 148 Å². The third kappa shape index (κ3) is 5.45. The van der Waals surface area contributed by atoms with Gasteiger partial charge in [0.1, 0.15) is 11.8 Å². The number of aliphatic carboxylic acids is 2. The molecule has 0 aromatic heterocycles. The molecule has 0 unspecified atom stereocenters. The van der Waals surface area contributed by atoms with Crippen LogP contribution in [0.3, 0.4) is 0 Å². The molecule has 1 fully saturated rings. The molecule has 10 nitrogen and oxygen atoms in total. The second-order valence-electron chi connectivity index (χ2n) is 5.48. The van der Waals surface area contributed by atoms with Crippen molar-refractivity contribution in [3.63, 3.8) is 0 Å². The summed E-state index contributed by atoms with van der Waals surface area (Å²) in [5.74, 6) is -4.23. The normalized spacial score (nSPS) is 15.0. The Morgan fingerprint density at radius 3 is 2.27 bits per heavy atom. The zero-order valence-corrected chi connectivity index (χ0v) is 13.7. The highest BCUT2D eigenvalue weighted by Crippen LogP contribution is 2.15. The van der Waals surface area contributed by atoms with Crippen LogP contribution >= 0.6 is 0 Å². The quantitative estimate of drug-likeness (QED) is 0.604. The van der Waals surface area contributed by atoms with Crippen LogP contribution in [0.15, 0.2) is 24.3 Å². The number of hydrogen-bond donors (Lipinski definition) is 3. The van der Waals surface area contributed by atoms with E-state index in [-0.39, 0.29) is 12.2 Å². The van der Waals surface area contributed by atoms with E-state index in [1.54, 1.807) is 0 Å². The number of amides is 2. The first-order valence-corrected chi connectivity index (χ1v) is 7.77. The van der Waals surface area contributed by atoms with Gasteiger partial charge < -0.3 is 29.9 Å².